The Balaban J connectivity index is 1.44. The van der Waals surface area contributed by atoms with Gasteiger partial charge in [-0.2, -0.15) is 10.2 Å². The molecule has 7 nitrogen and oxygen atoms in total. The van der Waals surface area contributed by atoms with Gasteiger partial charge in [-0.3, -0.25) is 14.5 Å². The molecule has 0 aromatic heterocycles. The first-order valence-corrected chi connectivity index (χ1v) is 11.1. The van der Waals surface area contributed by atoms with Crippen molar-refractivity contribution in [1.82, 2.24) is 4.90 Å². The lowest BCUT2D eigenvalue weighted by atomic mass is 10.1. The van der Waals surface area contributed by atoms with Crippen LogP contribution in [-0.4, -0.2) is 34.3 Å². The van der Waals surface area contributed by atoms with Crippen molar-refractivity contribution >= 4 is 52.0 Å². The Bertz CT molecular complexity index is 1230. The van der Waals surface area contributed by atoms with Crippen molar-refractivity contribution in [3.8, 4) is 11.5 Å². The lowest BCUT2D eigenvalue weighted by molar-refractivity contribution is -0.123. The Labute approximate surface area is 199 Å². The Morgan fingerprint density at radius 3 is 2.45 bits per heavy atom. The molecule has 1 heterocycles. The second-order valence-electron chi connectivity index (χ2n) is 6.91. The van der Waals surface area contributed by atoms with Gasteiger partial charge in [0.15, 0.2) is 0 Å². The van der Waals surface area contributed by atoms with Gasteiger partial charge in [0.05, 0.1) is 22.8 Å². The first-order valence-electron chi connectivity index (χ1n) is 9.93. The van der Waals surface area contributed by atoms with Crippen molar-refractivity contribution < 1.29 is 19.4 Å². The first-order chi connectivity index (χ1) is 16.0. The summed E-state index contributed by atoms with van der Waals surface area (Å²) in [5, 5.41) is 18.7. The zero-order valence-corrected chi connectivity index (χ0v) is 18.8. The fourth-order valence-electron chi connectivity index (χ4n) is 2.95. The molecule has 3 aromatic carbocycles. The number of azo groups is 1. The number of amides is 2. The average Bonchev–Trinajstić information content (AvgIpc) is 3.09. The zero-order chi connectivity index (χ0) is 23.2. The smallest absolute Gasteiger partial charge is 0.293 e. The number of hydrogen-bond acceptors (Lipinski definition) is 7. The summed E-state index contributed by atoms with van der Waals surface area (Å²) in [6, 6.07) is 20.7. The molecule has 0 bridgehead atoms. The van der Waals surface area contributed by atoms with Gasteiger partial charge in [-0.1, -0.05) is 29.8 Å². The van der Waals surface area contributed by atoms with Gasteiger partial charge in [0.1, 0.15) is 18.1 Å². The lowest BCUT2D eigenvalue weighted by Crippen LogP contribution is -2.32. The van der Waals surface area contributed by atoms with Crippen LogP contribution >= 0.6 is 23.4 Å². The molecule has 0 atom stereocenters. The number of phenols is 1. The van der Waals surface area contributed by atoms with Crippen LogP contribution in [0.5, 0.6) is 11.5 Å². The molecule has 1 aliphatic rings. The van der Waals surface area contributed by atoms with Crippen LogP contribution in [0, 0.1) is 0 Å². The van der Waals surface area contributed by atoms with Crippen molar-refractivity contribution in [3.63, 3.8) is 0 Å². The van der Waals surface area contributed by atoms with Gasteiger partial charge in [-0.25, -0.2) is 0 Å². The number of imide groups is 1. The Morgan fingerprint density at radius 1 is 0.970 bits per heavy atom. The molecular weight excluding hydrogens is 462 g/mol. The van der Waals surface area contributed by atoms with Gasteiger partial charge in [0.25, 0.3) is 11.1 Å². The Hall–Kier alpha value is -3.62. The summed E-state index contributed by atoms with van der Waals surface area (Å²) in [6.45, 7) is 0.246. The van der Waals surface area contributed by atoms with Gasteiger partial charge in [0.2, 0.25) is 0 Å². The Kier molecular flexibility index (Phi) is 7.07. The van der Waals surface area contributed by atoms with Crippen LogP contribution in [0.25, 0.3) is 6.08 Å². The number of aromatic hydroxyl groups is 1. The topological polar surface area (TPSA) is 91.6 Å². The molecule has 9 heteroatoms. The maximum atomic E-state index is 12.7. The number of benzene rings is 3. The second kappa shape index (κ2) is 10.3. The summed E-state index contributed by atoms with van der Waals surface area (Å²) >= 11 is 6.66. The van der Waals surface area contributed by atoms with Crippen LogP contribution in [-0.2, 0) is 4.79 Å². The van der Waals surface area contributed by atoms with Gasteiger partial charge < -0.3 is 9.84 Å². The third-order valence-electron chi connectivity index (χ3n) is 4.61. The summed E-state index contributed by atoms with van der Waals surface area (Å²) in [7, 11) is 0. The lowest BCUT2D eigenvalue weighted by Gasteiger charge is -2.13. The normalized spacial score (nSPS) is 15.1. The van der Waals surface area contributed by atoms with Crippen molar-refractivity contribution in [2.24, 2.45) is 10.2 Å². The van der Waals surface area contributed by atoms with E-state index in [1.54, 1.807) is 36.4 Å². The molecule has 3 aromatic rings. The predicted molar refractivity (Wildman–Crippen MR) is 128 cm³/mol. The van der Waals surface area contributed by atoms with E-state index in [0.717, 1.165) is 16.7 Å². The minimum atomic E-state index is -0.444. The summed E-state index contributed by atoms with van der Waals surface area (Å²) in [5.74, 6) is 0.111. The number of carbonyl (C=O) groups is 2. The number of phenolic OH excluding ortho intramolecular Hbond substituents is 1. The molecule has 1 saturated heterocycles. The van der Waals surface area contributed by atoms with E-state index >= 15 is 0 Å². The van der Waals surface area contributed by atoms with Gasteiger partial charge in [-0.05, 0) is 72.4 Å². The van der Waals surface area contributed by atoms with Crippen LogP contribution in [0.3, 0.4) is 0 Å². The van der Waals surface area contributed by atoms with Crippen molar-refractivity contribution in [3.05, 3.63) is 88.3 Å². The van der Waals surface area contributed by atoms with Crippen molar-refractivity contribution in [2.75, 3.05) is 13.2 Å². The number of carbonyl (C=O) groups excluding carboxylic acids is 2. The number of hydrogen-bond donors (Lipinski definition) is 1. The predicted octanol–water partition coefficient (Wildman–Crippen LogP) is 6.58. The molecule has 4 rings (SSSR count). The van der Waals surface area contributed by atoms with E-state index in [-0.39, 0.29) is 23.8 Å². The fraction of sp³-hybridized carbons (Fsp3) is 0.0833. The molecule has 0 saturated carbocycles. The van der Waals surface area contributed by atoms with Crippen LogP contribution in [0.2, 0.25) is 5.02 Å². The highest BCUT2D eigenvalue weighted by atomic mass is 35.5. The van der Waals surface area contributed by atoms with Crippen LogP contribution in [0.15, 0.2) is 87.9 Å². The summed E-state index contributed by atoms with van der Waals surface area (Å²) in [6.07, 6.45) is 1.47. The standard InChI is InChI=1S/C24H18ClN3O4S/c25-17-6-9-20(10-7-17)32-13-12-28-23(30)22(33-24(28)31)15-16-14-19(8-11-21(16)29)27-26-18-4-2-1-3-5-18/h1-11,14-15,29H,12-13H2/b22-15-,27-26?. The van der Waals surface area contributed by atoms with E-state index < -0.39 is 11.1 Å². The molecule has 2 amide bonds. The molecule has 166 valence electrons. The van der Waals surface area contributed by atoms with Crippen molar-refractivity contribution in [2.45, 2.75) is 0 Å². The number of ether oxygens (including phenoxy) is 1. The minimum Gasteiger partial charge on any atom is -0.507 e. The third kappa shape index (κ3) is 5.79. The first kappa shape index (κ1) is 22.6. The van der Waals surface area contributed by atoms with Gasteiger partial charge >= 0.3 is 0 Å². The third-order valence-corrected chi connectivity index (χ3v) is 5.77. The maximum Gasteiger partial charge on any atom is 0.293 e. The quantitative estimate of drug-likeness (QED) is 0.305. The summed E-state index contributed by atoms with van der Waals surface area (Å²) in [4.78, 5) is 26.4. The van der Waals surface area contributed by atoms with Crippen molar-refractivity contribution in [1.29, 1.82) is 0 Å². The molecule has 1 aliphatic heterocycles. The summed E-state index contributed by atoms with van der Waals surface area (Å²) in [5.41, 5.74) is 1.55. The van der Waals surface area contributed by atoms with Crippen LogP contribution in [0.1, 0.15) is 5.56 Å². The highest BCUT2D eigenvalue weighted by Gasteiger charge is 2.35. The number of rotatable bonds is 7. The van der Waals surface area contributed by atoms with Crippen LogP contribution in [0.4, 0.5) is 16.2 Å². The number of thioether (sulfide) groups is 1. The molecule has 0 unspecified atom stereocenters. The minimum absolute atomic E-state index is 0.0356. The fourth-order valence-corrected chi connectivity index (χ4v) is 3.93. The largest absolute Gasteiger partial charge is 0.507 e. The summed E-state index contributed by atoms with van der Waals surface area (Å²) < 4.78 is 5.58. The molecule has 1 fully saturated rings. The van der Waals surface area contributed by atoms with E-state index in [0.29, 0.717) is 27.7 Å². The van der Waals surface area contributed by atoms with Gasteiger partial charge in [0, 0.05) is 10.6 Å². The zero-order valence-electron chi connectivity index (χ0n) is 17.2. The average molecular weight is 480 g/mol. The Morgan fingerprint density at radius 2 is 1.70 bits per heavy atom. The molecule has 33 heavy (non-hydrogen) atoms. The number of nitrogens with zero attached hydrogens (tertiary/aromatic N) is 3. The monoisotopic (exact) mass is 479 g/mol. The molecule has 0 spiro atoms. The van der Waals surface area contributed by atoms with Gasteiger partial charge in [-0.15, -0.1) is 0 Å². The highest BCUT2D eigenvalue weighted by molar-refractivity contribution is 8.18. The highest BCUT2D eigenvalue weighted by Crippen LogP contribution is 2.35. The number of halogens is 1. The molecule has 0 radical (unpaired) electrons. The van der Waals surface area contributed by atoms with E-state index in [1.807, 2.05) is 30.3 Å². The van der Waals surface area contributed by atoms with E-state index in [4.69, 9.17) is 16.3 Å². The molecule has 0 aliphatic carbocycles. The van der Waals surface area contributed by atoms with Crippen LogP contribution < -0.4 is 4.74 Å². The maximum absolute atomic E-state index is 12.7. The SMILES string of the molecule is O=C1S/C(=C\c2cc(N=Nc3ccccc3)ccc2O)C(=O)N1CCOc1ccc(Cl)cc1. The van der Waals surface area contributed by atoms with E-state index in [2.05, 4.69) is 10.2 Å². The molecule has 1 N–H and O–H groups in total. The van der Waals surface area contributed by atoms with E-state index in [9.17, 15) is 14.7 Å². The molecular formula is C24H18ClN3O4S. The van der Waals surface area contributed by atoms with E-state index in [1.165, 1.54) is 12.1 Å². The second-order valence-corrected chi connectivity index (χ2v) is 8.34.